The number of aryl methyl sites for hydroxylation is 1. The number of methoxy groups -OCH3 is 1. The van der Waals surface area contributed by atoms with Gasteiger partial charge < -0.3 is 14.4 Å². The molecular formula is C14H18N2O3. The van der Waals surface area contributed by atoms with E-state index in [4.69, 9.17) is 9.26 Å². The number of ether oxygens (including phenoxy) is 1. The van der Waals surface area contributed by atoms with Crippen molar-refractivity contribution in [1.29, 1.82) is 0 Å². The monoisotopic (exact) mass is 262 g/mol. The fraction of sp³-hybridized carbons (Fsp3) is 0.429. The lowest BCUT2D eigenvalue weighted by atomic mass is 10.1. The van der Waals surface area contributed by atoms with E-state index >= 15 is 0 Å². The molecule has 0 saturated carbocycles. The van der Waals surface area contributed by atoms with Crippen molar-refractivity contribution in [2.24, 2.45) is 0 Å². The first-order valence-corrected chi connectivity index (χ1v) is 6.32. The average molecular weight is 262 g/mol. The third kappa shape index (κ3) is 2.93. The molecular weight excluding hydrogens is 244 g/mol. The zero-order valence-electron chi connectivity index (χ0n) is 11.4. The van der Waals surface area contributed by atoms with E-state index in [1.165, 1.54) is 0 Å². The lowest BCUT2D eigenvalue weighted by Crippen LogP contribution is -2.03. The van der Waals surface area contributed by atoms with E-state index in [0.29, 0.717) is 11.7 Å². The van der Waals surface area contributed by atoms with Gasteiger partial charge in [0.2, 0.25) is 5.82 Å². The molecule has 1 N–H and O–H groups in total. The van der Waals surface area contributed by atoms with Gasteiger partial charge in [-0.15, -0.1) is 0 Å². The van der Waals surface area contributed by atoms with Gasteiger partial charge in [-0.2, -0.15) is 4.98 Å². The Hall–Kier alpha value is -1.88. The summed E-state index contributed by atoms with van der Waals surface area (Å²) < 4.78 is 10.6. The van der Waals surface area contributed by atoms with Crippen LogP contribution in [0.25, 0.3) is 11.5 Å². The molecule has 1 unspecified atom stereocenters. The lowest BCUT2D eigenvalue weighted by Gasteiger charge is -2.08. The van der Waals surface area contributed by atoms with Crippen molar-refractivity contribution < 1.29 is 14.4 Å². The van der Waals surface area contributed by atoms with Gasteiger partial charge in [-0.05, 0) is 37.1 Å². The van der Waals surface area contributed by atoms with Crippen LogP contribution in [0.5, 0.6) is 5.75 Å². The fourth-order valence-corrected chi connectivity index (χ4v) is 1.98. The number of nitrogens with zero attached hydrogens (tertiary/aromatic N) is 2. The van der Waals surface area contributed by atoms with Crippen molar-refractivity contribution in [3.8, 4) is 17.2 Å². The first kappa shape index (κ1) is 13.5. The molecule has 1 atom stereocenters. The molecule has 0 spiro atoms. The third-order valence-electron chi connectivity index (χ3n) is 3.01. The number of hydrogen-bond donors (Lipinski definition) is 1. The van der Waals surface area contributed by atoms with E-state index in [-0.39, 0.29) is 11.9 Å². The molecule has 0 fully saturated rings. The summed E-state index contributed by atoms with van der Waals surface area (Å²) in [6.45, 7) is 3.97. The minimum atomic E-state index is -0.139. The second kappa shape index (κ2) is 5.84. The maximum absolute atomic E-state index is 9.40. The van der Waals surface area contributed by atoms with Crippen molar-refractivity contribution in [2.75, 3.05) is 7.11 Å². The van der Waals surface area contributed by atoms with Crippen LogP contribution < -0.4 is 0 Å². The van der Waals surface area contributed by atoms with E-state index in [1.54, 1.807) is 25.3 Å². The first-order chi connectivity index (χ1) is 9.15. The number of phenolic OH excluding ortho intramolecular Hbond substituents is 1. The molecule has 1 heterocycles. The molecule has 1 aromatic heterocycles. The zero-order chi connectivity index (χ0) is 13.8. The Morgan fingerprint density at radius 1 is 1.42 bits per heavy atom. The number of aromatic hydroxyl groups is 1. The highest BCUT2D eigenvalue weighted by molar-refractivity contribution is 5.59. The van der Waals surface area contributed by atoms with Gasteiger partial charge in [-0.25, -0.2) is 0 Å². The standard InChI is InChI=1S/C14H18N2O3/c1-4-5-12(18-3)13-15-14(19-16-13)11-7-6-10(17)8-9(11)2/h6-8,12,17H,4-5H2,1-3H3. The second-order valence-electron chi connectivity index (χ2n) is 4.47. The van der Waals surface area contributed by atoms with Crippen LogP contribution in [0.1, 0.15) is 37.3 Å². The van der Waals surface area contributed by atoms with Gasteiger partial charge in [0.1, 0.15) is 11.9 Å². The quantitative estimate of drug-likeness (QED) is 0.895. The Morgan fingerprint density at radius 3 is 2.84 bits per heavy atom. The first-order valence-electron chi connectivity index (χ1n) is 6.32. The summed E-state index contributed by atoms with van der Waals surface area (Å²) in [5.41, 5.74) is 1.71. The van der Waals surface area contributed by atoms with Crippen molar-refractivity contribution in [3.05, 3.63) is 29.6 Å². The maximum Gasteiger partial charge on any atom is 0.258 e. The summed E-state index contributed by atoms with van der Waals surface area (Å²) >= 11 is 0. The number of aromatic nitrogens is 2. The van der Waals surface area contributed by atoms with E-state index in [2.05, 4.69) is 17.1 Å². The van der Waals surface area contributed by atoms with Crippen molar-refractivity contribution in [1.82, 2.24) is 10.1 Å². The molecule has 0 bridgehead atoms. The molecule has 102 valence electrons. The Labute approximate surface area is 112 Å². The Bertz CT molecular complexity index is 551. The predicted octanol–water partition coefficient (Wildman–Crippen LogP) is 3.24. The smallest absolute Gasteiger partial charge is 0.258 e. The number of phenols is 1. The molecule has 5 nitrogen and oxygen atoms in total. The Balaban J connectivity index is 2.29. The minimum Gasteiger partial charge on any atom is -0.508 e. The van der Waals surface area contributed by atoms with Gasteiger partial charge in [0.05, 0.1) is 0 Å². The summed E-state index contributed by atoms with van der Waals surface area (Å²) in [5.74, 6) is 1.24. The van der Waals surface area contributed by atoms with Gasteiger partial charge in [0, 0.05) is 12.7 Å². The molecule has 0 aliphatic rings. The van der Waals surface area contributed by atoms with Crippen LogP contribution in [0.3, 0.4) is 0 Å². The van der Waals surface area contributed by atoms with Gasteiger partial charge in [0.25, 0.3) is 5.89 Å². The number of hydrogen-bond acceptors (Lipinski definition) is 5. The van der Waals surface area contributed by atoms with Crippen LogP contribution in [0.15, 0.2) is 22.7 Å². The lowest BCUT2D eigenvalue weighted by molar-refractivity contribution is 0.0854. The summed E-state index contributed by atoms with van der Waals surface area (Å²) in [7, 11) is 1.64. The largest absolute Gasteiger partial charge is 0.508 e. The zero-order valence-corrected chi connectivity index (χ0v) is 11.4. The summed E-state index contributed by atoms with van der Waals surface area (Å²) in [4.78, 5) is 4.38. The molecule has 2 aromatic rings. The van der Waals surface area contributed by atoms with Crippen molar-refractivity contribution in [2.45, 2.75) is 32.8 Å². The molecule has 5 heteroatoms. The summed E-state index contributed by atoms with van der Waals surface area (Å²) in [5, 5.41) is 13.4. The van der Waals surface area contributed by atoms with Crippen LogP contribution in [-0.2, 0) is 4.74 Å². The highest BCUT2D eigenvalue weighted by Crippen LogP contribution is 2.27. The number of rotatable bonds is 5. The summed E-state index contributed by atoms with van der Waals surface area (Å²) in [6, 6.07) is 5.04. The Morgan fingerprint density at radius 2 is 2.21 bits per heavy atom. The number of benzene rings is 1. The van der Waals surface area contributed by atoms with Crippen molar-refractivity contribution >= 4 is 0 Å². The van der Waals surface area contributed by atoms with Gasteiger partial charge in [-0.3, -0.25) is 0 Å². The molecule has 1 aromatic carbocycles. The van der Waals surface area contributed by atoms with Crippen LogP contribution in [0, 0.1) is 6.92 Å². The topological polar surface area (TPSA) is 68.4 Å². The molecule has 2 rings (SSSR count). The molecule has 0 amide bonds. The fourth-order valence-electron chi connectivity index (χ4n) is 1.98. The maximum atomic E-state index is 9.40. The predicted molar refractivity (Wildman–Crippen MR) is 70.8 cm³/mol. The van der Waals surface area contributed by atoms with Crippen LogP contribution in [0.4, 0.5) is 0 Å². The van der Waals surface area contributed by atoms with Crippen LogP contribution in [-0.4, -0.2) is 22.4 Å². The van der Waals surface area contributed by atoms with Gasteiger partial charge >= 0.3 is 0 Å². The van der Waals surface area contributed by atoms with Gasteiger partial charge in [-0.1, -0.05) is 18.5 Å². The molecule has 0 aliphatic heterocycles. The van der Waals surface area contributed by atoms with Crippen LogP contribution in [0.2, 0.25) is 0 Å². The van der Waals surface area contributed by atoms with E-state index in [1.807, 2.05) is 6.92 Å². The molecule has 0 aliphatic carbocycles. The van der Waals surface area contributed by atoms with E-state index in [0.717, 1.165) is 24.0 Å². The van der Waals surface area contributed by atoms with Crippen LogP contribution >= 0.6 is 0 Å². The van der Waals surface area contributed by atoms with E-state index < -0.39 is 0 Å². The van der Waals surface area contributed by atoms with Crippen molar-refractivity contribution in [3.63, 3.8) is 0 Å². The molecule has 0 saturated heterocycles. The third-order valence-corrected chi connectivity index (χ3v) is 3.01. The summed E-state index contributed by atoms with van der Waals surface area (Å²) in [6.07, 6.45) is 1.70. The highest BCUT2D eigenvalue weighted by Gasteiger charge is 2.18. The Kier molecular flexibility index (Phi) is 4.16. The SMILES string of the molecule is CCCC(OC)c1noc(-c2ccc(O)cc2C)n1. The molecule has 19 heavy (non-hydrogen) atoms. The molecule has 0 radical (unpaired) electrons. The van der Waals surface area contributed by atoms with Gasteiger partial charge in [0.15, 0.2) is 0 Å². The average Bonchev–Trinajstić information content (AvgIpc) is 2.85. The normalized spacial score (nSPS) is 12.6. The van der Waals surface area contributed by atoms with E-state index in [9.17, 15) is 5.11 Å². The second-order valence-corrected chi connectivity index (χ2v) is 4.47. The highest BCUT2D eigenvalue weighted by atomic mass is 16.5. The minimum absolute atomic E-state index is 0.139.